The van der Waals surface area contributed by atoms with Gasteiger partial charge in [-0.3, -0.25) is 14.4 Å². The molecule has 0 unspecified atom stereocenters. The molecule has 1 saturated heterocycles. The number of furan rings is 1. The first kappa shape index (κ1) is 18.5. The number of likely N-dealkylation sites (tertiary alicyclic amines) is 1. The number of carbonyl (C=O) groups is 3. The van der Waals surface area contributed by atoms with Crippen molar-refractivity contribution in [1.82, 2.24) is 4.90 Å². The molecule has 2 heterocycles. The standard InChI is InChI=1S/C19H20N2O6/c1-25-15-5-2-4-14(9-15)20-17(22)12-27-19(24)13-8-18(23)21(10-13)11-16-6-3-7-26-16/h2-7,9,13H,8,10-12H2,1H3,(H,20,22)/t13-/m1/s1. The molecule has 2 aromatic rings. The maximum Gasteiger partial charge on any atom is 0.311 e. The molecule has 0 radical (unpaired) electrons. The lowest BCUT2D eigenvalue weighted by molar-refractivity contribution is -0.151. The van der Waals surface area contributed by atoms with Crippen LogP contribution in [0, 0.1) is 5.92 Å². The molecule has 27 heavy (non-hydrogen) atoms. The third-order valence-electron chi connectivity index (χ3n) is 4.17. The van der Waals surface area contributed by atoms with Crippen molar-refractivity contribution >= 4 is 23.5 Å². The van der Waals surface area contributed by atoms with Crippen LogP contribution in [0.2, 0.25) is 0 Å². The summed E-state index contributed by atoms with van der Waals surface area (Å²) in [6.07, 6.45) is 1.60. The van der Waals surface area contributed by atoms with Crippen LogP contribution in [-0.2, 0) is 25.7 Å². The van der Waals surface area contributed by atoms with Gasteiger partial charge < -0.3 is 24.1 Å². The number of nitrogens with one attached hydrogen (secondary N) is 1. The number of anilines is 1. The SMILES string of the molecule is COc1cccc(NC(=O)COC(=O)[C@@H]2CC(=O)N(Cc3ccco3)C2)c1. The van der Waals surface area contributed by atoms with Gasteiger partial charge in [-0.15, -0.1) is 0 Å². The van der Waals surface area contributed by atoms with Crippen LogP contribution in [0.4, 0.5) is 5.69 Å². The quantitative estimate of drug-likeness (QED) is 0.745. The van der Waals surface area contributed by atoms with E-state index in [1.165, 1.54) is 13.4 Å². The fourth-order valence-electron chi connectivity index (χ4n) is 2.83. The second kappa shape index (κ2) is 8.39. The van der Waals surface area contributed by atoms with E-state index in [0.717, 1.165) is 0 Å². The van der Waals surface area contributed by atoms with E-state index in [1.54, 1.807) is 41.3 Å². The van der Waals surface area contributed by atoms with E-state index >= 15 is 0 Å². The number of esters is 1. The number of nitrogens with zero attached hydrogens (tertiary/aromatic N) is 1. The summed E-state index contributed by atoms with van der Waals surface area (Å²) in [5, 5.41) is 2.62. The first-order valence-electron chi connectivity index (χ1n) is 8.46. The van der Waals surface area contributed by atoms with Crippen molar-refractivity contribution in [2.24, 2.45) is 5.92 Å². The Morgan fingerprint density at radius 1 is 1.30 bits per heavy atom. The Labute approximate surface area is 156 Å². The zero-order chi connectivity index (χ0) is 19.2. The van der Waals surface area contributed by atoms with Crippen molar-refractivity contribution in [2.75, 3.05) is 25.6 Å². The average Bonchev–Trinajstić information content (AvgIpc) is 3.30. The van der Waals surface area contributed by atoms with E-state index in [2.05, 4.69) is 5.32 Å². The van der Waals surface area contributed by atoms with Crippen molar-refractivity contribution < 1.29 is 28.3 Å². The van der Waals surface area contributed by atoms with Crippen LogP contribution in [0.1, 0.15) is 12.2 Å². The number of methoxy groups -OCH3 is 1. The minimum atomic E-state index is -0.586. The minimum absolute atomic E-state index is 0.0665. The van der Waals surface area contributed by atoms with Gasteiger partial charge in [0, 0.05) is 24.7 Å². The normalized spacial score (nSPS) is 16.3. The van der Waals surface area contributed by atoms with Crippen molar-refractivity contribution in [1.29, 1.82) is 0 Å². The maximum absolute atomic E-state index is 12.2. The van der Waals surface area contributed by atoms with Crippen LogP contribution in [0.25, 0.3) is 0 Å². The lowest BCUT2D eigenvalue weighted by atomic mass is 10.1. The molecule has 1 aliphatic rings. The minimum Gasteiger partial charge on any atom is -0.497 e. The Hall–Kier alpha value is -3.29. The molecule has 1 aromatic carbocycles. The molecule has 8 nitrogen and oxygen atoms in total. The Morgan fingerprint density at radius 3 is 2.89 bits per heavy atom. The van der Waals surface area contributed by atoms with Crippen molar-refractivity contribution in [3.8, 4) is 5.75 Å². The molecule has 2 amide bonds. The van der Waals surface area contributed by atoms with Gasteiger partial charge in [0.1, 0.15) is 11.5 Å². The first-order valence-corrected chi connectivity index (χ1v) is 8.46. The Balaban J connectivity index is 1.46. The second-order valence-electron chi connectivity index (χ2n) is 6.14. The Kier molecular flexibility index (Phi) is 5.75. The summed E-state index contributed by atoms with van der Waals surface area (Å²) >= 11 is 0. The van der Waals surface area contributed by atoms with Gasteiger partial charge in [-0.1, -0.05) is 6.07 Å². The van der Waals surface area contributed by atoms with Gasteiger partial charge in [0.2, 0.25) is 5.91 Å². The van der Waals surface area contributed by atoms with E-state index in [0.29, 0.717) is 23.7 Å². The predicted molar refractivity (Wildman–Crippen MR) is 94.8 cm³/mol. The van der Waals surface area contributed by atoms with Crippen molar-refractivity contribution in [2.45, 2.75) is 13.0 Å². The molecule has 8 heteroatoms. The summed E-state index contributed by atoms with van der Waals surface area (Å²) in [6, 6.07) is 10.3. The molecule has 1 aromatic heterocycles. The Bertz CT molecular complexity index is 817. The van der Waals surface area contributed by atoms with E-state index in [-0.39, 0.29) is 18.9 Å². The number of ether oxygens (including phenoxy) is 2. The van der Waals surface area contributed by atoms with Crippen LogP contribution in [0.15, 0.2) is 47.1 Å². The van der Waals surface area contributed by atoms with Gasteiger partial charge in [-0.05, 0) is 24.3 Å². The molecule has 1 aliphatic heterocycles. The van der Waals surface area contributed by atoms with E-state index in [4.69, 9.17) is 13.9 Å². The number of hydrogen-bond donors (Lipinski definition) is 1. The monoisotopic (exact) mass is 372 g/mol. The molecule has 1 fully saturated rings. The lowest BCUT2D eigenvalue weighted by Crippen LogP contribution is -2.28. The summed E-state index contributed by atoms with van der Waals surface area (Å²) in [5.41, 5.74) is 0.538. The molecule has 0 aliphatic carbocycles. The molecular formula is C19H20N2O6. The summed E-state index contributed by atoms with van der Waals surface area (Å²) in [6.45, 7) is 0.140. The zero-order valence-corrected chi connectivity index (χ0v) is 14.8. The van der Waals surface area contributed by atoms with E-state index in [1.807, 2.05) is 0 Å². The number of carbonyl (C=O) groups excluding carboxylic acids is 3. The fraction of sp³-hybridized carbons (Fsp3) is 0.316. The molecular weight excluding hydrogens is 352 g/mol. The maximum atomic E-state index is 12.2. The molecule has 0 saturated carbocycles. The number of hydrogen-bond acceptors (Lipinski definition) is 6. The molecule has 0 spiro atoms. The van der Waals surface area contributed by atoms with Crippen molar-refractivity contribution in [3.05, 3.63) is 48.4 Å². The number of rotatable bonds is 7. The zero-order valence-electron chi connectivity index (χ0n) is 14.8. The summed E-state index contributed by atoms with van der Waals surface area (Å²) < 4.78 is 15.4. The third kappa shape index (κ3) is 4.87. The second-order valence-corrected chi connectivity index (χ2v) is 6.14. The smallest absolute Gasteiger partial charge is 0.311 e. The Morgan fingerprint density at radius 2 is 2.15 bits per heavy atom. The van der Waals surface area contributed by atoms with E-state index < -0.39 is 24.4 Å². The topological polar surface area (TPSA) is 98.1 Å². The molecule has 142 valence electrons. The number of benzene rings is 1. The van der Waals surface area contributed by atoms with E-state index in [9.17, 15) is 14.4 Å². The lowest BCUT2D eigenvalue weighted by Gasteiger charge is -2.14. The third-order valence-corrected chi connectivity index (χ3v) is 4.17. The molecule has 3 rings (SSSR count). The molecule has 1 atom stereocenters. The van der Waals surface area contributed by atoms with Crippen LogP contribution in [0.3, 0.4) is 0 Å². The summed E-state index contributed by atoms with van der Waals surface area (Å²) in [5.74, 6) is -0.508. The van der Waals surface area contributed by atoms with Crippen LogP contribution < -0.4 is 10.1 Å². The average molecular weight is 372 g/mol. The van der Waals surface area contributed by atoms with Crippen LogP contribution >= 0.6 is 0 Å². The summed E-state index contributed by atoms with van der Waals surface area (Å²) in [4.78, 5) is 37.7. The highest BCUT2D eigenvalue weighted by Crippen LogP contribution is 2.22. The van der Waals surface area contributed by atoms with Crippen LogP contribution in [0.5, 0.6) is 5.75 Å². The largest absolute Gasteiger partial charge is 0.497 e. The molecule has 0 bridgehead atoms. The summed E-state index contributed by atoms with van der Waals surface area (Å²) in [7, 11) is 1.53. The highest BCUT2D eigenvalue weighted by Gasteiger charge is 2.35. The highest BCUT2D eigenvalue weighted by atomic mass is 16.5. The van der Waals surface area contributed by atoms with Gasteiger partial charge in [0.05, 0.1) is 25.8 Å². The first-order chi connectivity index (χ1) is 13.0. The van der Waals surface area contributed by atoms with Gasteiger partial charge in [-0.25, -0.2) is 0 Å². The van der Waals surface area contributed by atoms with Gasteiger partial charge >= 0.3 is 5.97 Å². The van der Waals surface area contributed by atoms with Gasteiger partial charge in [0.25, 0.3) is 5.91 Å². The predicted octanol–water partition coefficient (Wildman–Crippen LogP) is 1.82. The molecule has 1 N–H and O–H groups in total. The van der Waals surface area contributed by atoms with Gasteiger partial charge in [-0.2, -0.15) is 0 Å². The van der Waals surface area contributed by atoms with Crippen molar-refractivity contribution in [3.63, 3.8) is 0 Å². The highest BCUT2D eigenvalue weighted by molar-refractivity contribution is 5.93. The van der Waals surface area contributed by atoms with Gasteiger partial charge in [0.15, 0.2) is 6.61 Å². The fourth-order valence-corrected chi connectivity index (χ4v) is 2.83. The van der Waals surface area contributed by atoms with Crippen LogP contribution in [-0.4, -0.2) is 42.9 Å². The number of amides is 2.